The molecule has 0 fully saturated rings. The molecule has 0 atom stereocenters. The van der Waals surface area contributed by atoms with Crippen LogP contribution in [0, 0.1) is 29.0 Å². The predicted molar refractivity (Wildman–Crippen MR) is 66.3 cm³/mol. The SMILES string of the molecule is N#Cc1cc(C#Cc2cncc(Cl)c2)ccc1F. The molecule has 0 saturated heterocycles. The average Bonchev–Trinajstić information content (AvgIpc) is 2.38. The highest BCUT2D eigenvalue weighted by Gasteiger charge is 2.00. The third-order valence-corrected chi connectivity index (χ3v) is 2.35. The van der Waals surface area contributed by atoms with E-state index in [4.69, 9.17) is 16.9 Å². The summed E-state index contributed by atoms with van der Waals surface area (Å²) in [6.45, 7) is 0. The molecule has 0 saturated carbocycles. The normalized spacial score (nSPS) is 9.17. The molecule has 2 aromatic rings. The smallest absolute Gasteiger partial charge is 0.141 e. The maximum Gasteiger partial charge on any atom is 0.141 e. The number of nitrogens with zero attached hydrogens (tertiary/aromatic N) is 2. The van der Waals surface area contributed by atoms with Crippen molar-refractivity contribution in [1.29, 1.82) is 5.26 Å². The first-order chi connectivity index (χ1) is 8.69. The van der Waals surface area contributed by atoms with Crippen molar-refractivity contribution in [3.8, 4) is 17.9 Å². The molecule has 1 aromatic carbocycles. The quantitative estimate of drug-likeness (QED) is 0.679. The van der Waals surface area contributed by atoms with Crippen molar-refractivity contribution < 1.29 is 4.39 Å². The Bertz CT molecular complexity index is 693. The van der Waals surface area contributed by atoms with Crippen molar-refractivity contribution in [3.63, 3.8) is 0 Å². The molecular formula is C14H6ClFN2. The van der Waals surface area contributed by atoms with Crippen LogP contribution in [0.5, 0.6) is 0 Å². The fourth-order valence-electron chi connectivity index (χ4n) is 1.31. The highest BCUT2D eigenvalue weighted by molar-refractivity contribution is 6.30. The Labute approximate surface area is 109 Å². The van der Waals surface area contributed by atoms with Crippen molar-refractivity contribution in [2.45, 2.75) is 0 Å². The number of hydrogen-bond donors (Lipinski definition) is 0. The first-order valence-corrected chi connectivity index (χ1v) is 5.39. The molecule has 86 valence electrons. The van der Waals surface area contributed by atoms with Gasteiger partial charge < -0.3 is 0 Å². The summed E-state index contributed by atoms with van der Waals surface area (Å²) in [6.07, 6.45) is 3.09. The molecule has 2 nitrogen and oxygen atoms in total. The van der Waals surface area contributed by atoms with Gasteiger partial charge in [-0.1, -0.05) is 23.4 Å². The van der Waals surface area contributed by atoms with Gasteiger partial charge in [-0.05, 0) is 24.3 Å². The van der Waals surface area contributed by atoms with Crippen LogP contribution < -0.4 is 0 Å². The average molecular weight is 257 g/mol. The molecule has 1 heterocycles. The van der Waals surface area contributed by atoms with Gasteiger partial charge in [-0.15, -0.1) is 0 Å². The van der Waals surface area contributed by atoms with E-state index in [0.717, 1.165) is 0 Å². The zero-order valence-electron chi connectivity index (χ0n) is 9.11. The fraction of sp³-hybridized carbons (Fsp3) is 0. The molecule has 0 aliphatic rings. The maximum absolute atomic E-state index is 13.1. The van der Waals surface area contributed by atoms with Crippen LogP contribution in [0.25, 0.3) is 0 Å². The molecule has 18 heavy (non-hydrogen) atoms. The fourth-order valence-corrected chi connectivity index (χ4v) is 1.49. The minimum absolute atomic E-state index is 0.0222. The van der Waals surface area contributed by atoms with Crippen LogP contribution in [0.2, 0.25) is 5.02 Å². The van der Waals surface area contributed by atoms with Crippen LogP contribution in [-0.4, -0.2) is 4.98 Å². The topological polar surface area (TPSA) is 36.7 Å². The highest BCUT2D eigenvalue weighted by atomic mass is 35.5. The van der Waals surface area contributed by atoms with Gasteiger partial charge in [-0.3, -0.25) is 4.98 Å². The second-order valence-corrected chi connectivity index (χ2v) is 3.88. The molecule has 4 heteroatoms. The van der Waals surface area contributed by atoms with Gasteiger partial charge in [-0.25, -0.2) is 4.39 Å². The number of rotatable bonds is 0. The summed E-state index contributed by atoms with van der Waals surface area (Å²) in [5.74, 6) is 5.12. The summed E-state index contributed by atoms with van der Waals surface area (Å²) in [5, 5.41) is 9.20. The van der Waals surface area contributed by atoms with Crippen LogP contribution in [0.4, 0.5) is 4.39 Å². The van der Waals surface area contributed by atoms with Crippen LogP contribution in [-0.2, 0) is 0 Å². The standard InChI is InChI=1S/C14H6ClFN2/c15-13-6-11(8-18-9-13)2-1-10-3-4-14(16)12(5-10)7-17/h3-6,8-9H. The van der Waals surface area contributed by atoms with Gasteiger partial charge in [0.1, 0.15) is 11.9 Å². The number of benzene rings is 1. The highest BCUT2D eigenvalue weighted by Crippen LogP contribution is 2.10. The summed E-state index contributed by atoms with van der Waals surface area (Å²) in [5.41, 5.74) is 1.20. The number of nitriles is 1. The minimum Gasteiger partial charge on any atom is -0.262 e. The summed E-state index contributed by atoms with van der Waals surface area (Å²) in [6, 6.07) is 7.58. The third-order valence-electron chi connectivity index (χ3n) is 2.14. The summed E-state index contributed by atoms with van der Waals surface area (Å²) >= 11 is 5.77. The predicted octanol–water partition coefficient (Wildman–Crippen LogP) is 3.15. The third kappa shape index (κ3) is 2.85. The van der Waals surface area contributed by atoms with Crippen molar-refractivity contribution in [2.75, 3.05) is 0 Å². The van der Waals surface area contributed by atoms with Gasteiger partial charge >= 0.3 is 0 Å². The zero-order chi connectivity index (χ0) is 13.0. The number of halogens is 2. The van der Waals surface area contributed by atoms with E-state index in [1.54, 1.807) is 18.3 Å². The maximum atomic E-state index is 13.1. The van der Waals surface area contributed by atoms with Crippen LogP contribution in [0.15, 0.2) is 36.7 Å². The molecule has 0 amide bonds. The van der Waals surface area contributed by atoms with E-state index in [1.807, 2.05) is 0 Å². The summed E-state index contributed by atoms with van der Waals surface area (Å²) in [4.78, 5) is 3.90. The summed E-state index contributed by atoms with van der Waals surface area (Å²) in [7, 11) is 0. The van der Waals surface area contributed by atoms with E-state index in [1.165, 1.54) is 24.4 Å². The van der Waals surface area contributed by atoms with Gasteiger partial charge in [0.05, 0.1) is 10.6 Å². The van der Waals surface area contributed by atoms with Crippen molar-refractivity contribution in [3.05, 3.63) is 64.2 Å². The molecule has 0 N–H and O–H groups in total. The number of aromatic nitrogens is 1. The monoisotopic (exact) mass is 256 g/mol. The summed E-state index contributed by atoms with van der Waals surface area (Å²) < 4.78 is 13.1. The number of pyridine rings is 1. The second-order valence-electron chi connectivity index (χ2n) is 3.45. The lowest BCUT2D eigenvalue weighted by Gasteiger charge is -1.94. The van der Waals surface area contributed by atoms with E-state index in [-0.39, 0.29) is 5.56 Å². The Kier molecular flexibility index (Phi) is 3.57. The van der Waals surface area contributed by atoms with E-state index < -0.39 is 5.82 Å². The Morgan fingerprint density at radius 3 is 2.61 bits per heavy atom. The molecule has 1 aromatic heterocycles. The Morgan fingerprint density at radius 2 is 1.89 bits per heavy atom. The lowest BCUT2D eigenvalue weighted by Crippen LogP contribution is -1.85. The largest absolute Gasteiger partial charge is 0.262 e. The van der Waals surface area contributed by atoms with Crippen LogP contribution in [0.3, 0.4) is 0 Å². The molecule has 0 unspecified atom stereocenters. The molecular weight excluding hydrogens is 251 g/mol. The first-order valence-electron chi connectivity index (χ1n) is 5.01. The molecule has 0 aliphatic heterocycles. The van der Waals surface area contributed by atoms with E-state index in [2.05, 4.69) is 16.8 Å². The molecule has 0 spiro atoms. The minimum atomic E-state index is -0.549. The van der Waals surface area contributed by atoms with Crippen LogP contribution in [0.1, 0.15) is 16.7 Å². The van der Waals surface area contributed by atoms with Gasteiger partial charge in [0.2, 0.25) is 0 Å². The van der Waals surface area contributed by atoms with Gasteiger partial charge in [-0.2, -0.15) is 5.26 Å². The second kappa shape index (κ2) is 5.31. The van der Waals surface area contributed by atoms with Gasteiger partial charge in [0, 0.05) is 23.5 Å². The van der Waals surface area contributed by atoms with Crippen LogP contribution >= 0.6 is 11.6 Å². The van der Waals surface area contributed by atoms with E-state index in [0.29, 0.717) is 16.1 Å². The van der Waals surface area contributed by atoms with Gasteiger partial charge in [0.25, 0.3) is 0 Å². The van der Waals surface area contributed by atoms with E-state index in [9.17, 15) is 4.39 Å². The van der Waals surface area contributed by atoms with E-state index >= 15 is 0 Å². The first kappa shape index (κ1) is 12.1. The van der Waals surface area contributed by atoms with Crippen molar-refractivity contribution in [1.82, 2.24) is 4.98 Å². The Morgan fingerprint density at radius 1 is 1.11 bits per heavy atom. The van der Waals surface area contributed by atoms with Gasteiger partial charge in [0.15, 0.2) is 0 Å². The van der Waals surface area contributed by atoms with Crippen molar-refractivity contribution in [2.24, 2.45) is 0 Å². The van der Waals surface area contributed by atoms with Crippen molar-refractivity contribution >= 4 is 11.6 Å². The lowest BCUT2D eigenvalue weighted by atomic mass is 10.1. The molecule has 0 bridgehead atoms. The number of hydrogen-bond acceptors (Lipinski definition) is 2. The lowest BCUT2D eigenvalue weighted by molar-refractivity contribution is 0.624. The Balaban J connectivity index is 2.33. The molecule has 0 aliphatic carbocycles. The zero-order valence-corrected chi connectivity index (χ0v) is 9.87. The molecule has 2 rings (SSSR count). The Hall–Kier alpha value is -2.36. The molecule has 0 radical (unpaired) electrons.